The molecule has 0 aliphatic rings. The number of hydrogen-bond acceptors (Lipinski definition) is 3. The van der Waals surface area contributed by atoms with Gasteiger partial charge in [0.15, 0.2) is 5.78 Å². The van der Waals surface area contributed by atoms with Crippen LogP contribution in [0.2, 0.25) is 0 Å². The summed E-state index contributed by atoms with van der Waals surface area (Å²) in [4.78, 5) is 15.3. The van der Waals surface area contributed by atoms with E-state index in [2.05, 4.69) is 31.8 Å². The van der Waals surface area contributed by atoms with Gasteiger partial charge in [0.25, 0.3) is 0 Å². The molecule has 1 aromatic heterocycles. The fraction of sp³-hybridized carbons (Fsp3) is 0.294. The summed E-state index contributed by atoms with van der Waals surface area (Å²) in [5.41, 5.74) is 1.58. The van der Waals surface area contributed by atoms with Crippen LogP contribution in [0.1, 0.15) is 43.7 Å². The van der Waals surface area contributed by atoms with Crippen molar-refractivity contribution in [3.05, 3.63) is 53.9 Å². The van der Waals surface area contributed by atoms with Gasteiger partial charge in [-0.15, -0.1) is 0 Å². The molecule has 0 aliphatic heterocycles. The van der Waals surface area contributed by atoms with E-state index in [1.807, 2.05) is 18.2 Å². The first-order chi connectivity index (χ1) is 9.38. The van der Waals surface area contributed by atoms with Gasteiger partial charge in [0.2, 0.25) is 0 Å². The molecule has 2 aromatic rings. The van der Waals surface area contributed by atoms with E-state index >= 15 is 0 Å². The Kier molecular flexibility index (Phi) is 3.89. The Morgan fingerprint density at radius 2 is 1.80 bits per heavy atom. The first-order valence-corrected chi connectivity index (χ1v) is 6.62. The minimum Gasteiger partial charge on any atom is -0.455 e. The van der Waals surface area contributed by atoms with Gasteiger partial charge < -0.3 is 4.74 Å². The van der Waals surface area contributed by atoms with E-state index in [1.54, 1.807) is 18.3 Å². The molecule has 0 amide bonds. The predicted molar refractivity (Wildman–Crippen MR) is 79.5 cm³/mol. The van der Waals surface area contributed by atoms with Crippen molar-refractivity contribution in [2.24, 2.45) is 0 Å². The Balaban J connectivity index is 2.28. The summed E-state index contributed by atoms with van der Waals surface area (Å²) >= 11 is 0. The highest BCUT2D eigenvalue weighted by atomic mass is 16.5. The molecule has 3 heteroatoms. The van der Waals surface area contributed by atoms with Gasteiger partial charge >= 0.3 is 0 Å². The third-order valence-corrected chi connectivity index (χ3v) is 3.02. The molecule has 0 saturated heterocycles. The van der Waals surface area contributed by atoms with E-state index in [9.17, 15) is 4.79 Å². The van der Waals surface area contributed by atoms with Gasteiger partial charge in [-0.1, -0.05) is 39.0 Å². The molecule has 0 N–H and O–H groups in total. The van der Waals surface area contributed by atoms with Crippen molar-refractivity contribution >= 4 is 5.78 Å². The van der Waals surface area contributed by atoms with Crippen molar-refractivity contribution in [3.8, 4) is 11.5 Å². The summed E-state index contributed by atoms with van der Waals surface area (Å²) in [6.07, 6.45) is 1.58. The summed E-state index contributed by atoms with van der Waals surface area (Å²) in [5, 5.41) is 0. The Morgan fingerprint density at radius 1 is 1.10 bits per heavy atom. The molecule has 0 bridgehead atoms. The zero-order valence-electron chi connectivity index (χ0n) is 12.3. The van der Waals surface area contributed by atoms with Crippen LogP contribution in [0.25, 0.3) is 0 Å². The molecule has 1 heterocycles. The minimum absolute atomic E-state index is 0.00332. The number of Topliss-reactive ketones (excluding diaryl/α,β-unsaturated/α-hetero) is 1. The number of nitrogens with zero attached hydrogens (tertiary/aromatic N) is 1. The molecule has 0 aliphatic carbocycles. The maximum Gasteiger partial charge on any atom is 0.178 e. The number of pyridine rings is 1. The van der Waals surface area contributed by atoms with Crippen molar-refractivity contribution in [2.75, 3.05) is 0 Å². The predicted octanol–water partition coefficient (Wildman–Crippen LogP) is 4.37. The lowest BCUT2D eigenvalue weighted by Gasteiger charge is -2.22. The van der Waals surface area contributed by atoms with E-state index in [1.165, 1.54) is 6.92 Å². The van der Waals surface area contributed by atoms with Crippen LogP contribution in [0.5, 0.6) is 11.5 Å². The quantitative estimate of drug-likeness (QED) is 0.776. The Bertz CT molecular complexity index is 610. The average Bonchev–Trinajstić information content (AvgIpc) is 2.38. The highest BCUT2D eigenvalue weighted by molar-refractivity contribution is 5.92. The van der Waals surface area contributed by atoms with Gasteiger partial charge in [0.05, 0.1) is 6.20 Å². The van der Waals surface area contributed by atoms with E-state index in [0.29, 0.717) is 11.4 Å². The molecule has 104 valence electrons. The van der Waals surface area contributed by atoms with Crippen molar-refractivity contribution in [3.63, 3.8) is 0 Å². The summed E-state index contributed by atoms with van der Waals surface area (Å²) < 4.78 is 5.90. The van der Waals surface area contributed by atoms with Crippen molar-refractivity contribution in [1.82, 2.24) is 4.98 Å². The fourth-order valence-corrected chi connectivity index (χ4v) is 1.95. The SMILES string of the molecule is CC(=O)c1ccc(Oc2ccccc2C(C)(C)C)cn1. The first-order valence-electron chi connectivity index (χ1n) is 6.62. The second-order valence-corrected chi connectivity index (χ2v) is 5.78. The van der Waals surface area contributed by atoms with E-state index in [0.717, 1.165) is 11.3 Å². The fourth-order valence-electron chi connectivity index (χ4n) is 1.95. The number of ether oxygens (including phenoxy) is 1. The van der Waals surface area contributed by atoms with Crippen LogP contribution in [-0.4, -0.2) is 10.8 Å². The van der Waals surface area contributed by atoms with E-state index < -0.39 is 0 Å². The van der Waals surface area contributed by atoms with Crippen molar-refractivity contribution < 1.29 is 9.53 Å². The lowest BCUT2D eigenvalue weighted by Crippen LogP contribution is -2.12. The monoisotopic (exact) mass is 269 g/mol. The third-order valence-electron chi connectivity index (χ3n) is 3.02. The number of carbonyl (C=O) groups excluding carboxylic acids is 1. The third kappa shape index (κ3) is 3.23. The van der Waals surface area contributed by atoms with Crippen LogP contribution < -0.4 is 4.74 Å². The average molecular weight is 269 g/mol. The molecular formula is C17H19NO2. The Labute approximate surface area is 119 Å². The van der Waals surface area contributed by atoms with E-state index in [4.69, 9.17) is 4.74 Å². The normalized spacial score (nSPS) is 11.2. The molecule has 0 unspecified atom stereocenters. The second-order valence-electron chi connectivity index (χ2n) is 5.78. The number of hydrogen-bond donors (Lipinski definition) is 0. The Morgan fingerprint density at radius 3 is 2.35 bits per heavy atom. The van der Waals surface area contributed by atoms with Gasteiger partial charge in [-0.25, -0.2) is 4.98 Å². The molecule has 2 rings (SSSR count). The number of rotatable bonds is 3. The summed E-state index contributed by atoms with van der Waals surface area (Å²) in [7, 11) is 0. The van der Waals surface area contributed by atoms with Crippen molar-refractivity contribution in [1.29, 1.82) is 0 Å². The smallest absolute Gasteiger partial charge is 0.178 e. The van der Waals surface area contributed by atoms with Crippen molar-refractivity contribution in [2.45, 2.75) is 33.1 Å². The van der Waals surface area contributed by atoms with Crippen LogP contribution in [0.4, 0.5) is 0 Å². The second kappa shape index (κ2) is 5.45. The first kappa shape index (κ1) is 14.3. The molecule has 1 aromatic carbocycles. The number of benzene rings is 1. The zero-order valence-corrected chi connectivity index (χ0v) is 12.3. The maximum atomic E-state index is 11.2. The highest BCUT2D eigenvalue weighted by Crippen LogP contribution is 2.33. The number of ketones is 1. The van der Waals surface area contributed by atoms with Crippen LogP contribution >= 0.6 is 0 Å². The lowest BCUT2D eigenvalue weighted by atomic mass is 9.86. The van der Waals surface area contributed by atoms with Gasteiger partial charge in [0.1, 0.15) is 17.2 Å². The summed E-state index contributed by atoms with van der Waals surface area (Å²) in [6, 6.07) is 11.4. The standard InChI is InChI=1S/C17H19NO2/c1-12(19)15-10-9-13(11-18-15)20-16-8-6-5-7-14(16)17(2,3)4/h5-11H,1-4H3. The van der Waals surface area contributed by atoms with Gasteiger partial charge in [-0.2, -0.15) is 0 Å². The van der Waals surface area contributed by atoms with Gasteiger partial charge in [-0.3, -0.25) is 4.79 Å². The number of carbonyl (C=O) groups is 1. The highest BCUT2D eigenvalue weighted by Gasteiger charge is 2.18. The van der Waals surface area contributed by atoms with Crippen LogP contribution in [0.3, 0.4) is 0 Å². The zero-order chi connectivity index (χ0) is 14.8. The Hall–Kier alpha value is -2.16. The molecule has 0 spiro atoms. The van der Waals surface area contributed by atoms with Gasteiger partial charge in [-0.05, 0) is 23.6 Å². The maximum absolute atomic E-state index is 11.2. The summed E-state index contributed by atoms with van der Waals surface area (Å²) in [5.74, 6) is 1.40. The minimum atomic E-state index is -0.0494. The van der Waals surface area contributed by atoms with E-state index in [-0.39, 0.29) is 11.2 Å². The van der Waals surface area contributed by atoms with Crippen LogP contribution in [0, 0.1) is 0 Å². The van der Waals surface area contributed by atoms with Gasteiger partial charge in [0, 0.05) is 12.5 Å². The molecule has 3 nitrogen and oxygen atoms in total. The molecule has 0 fully saturated rings. The largest absolute Gasteiger partial charge is 0.455 e. The van der Waals surface area contributed by atoms with Crippen LogP contribution in [-0.2, 0) is 5.41 Å². The molecule has 0 saturated carbocycles. The summed E-state index contributed by atoms with van der Waals surface area (Å²) in [6.45, 7) is 7.93. The number of aromatic nitrogens is 1. The molecule has 0 atom stereocenters. The lowest BCUT2D eigenvalue weighted by molar-refractivity contribution is 0.101. The molecule has 20 heavy (non-hydrogen) atoms. The molecular weight excluding hydrogens is 250 g/mol. The number of para-hydroxylation sites is 1. The molecule has 0 radical (unpaired) electrons. The van der Waals surface area contributed by atoms with Crippen LogP contribution in [0.15, 0.2) is 42.6 Å². The topological polar surface area (TPSA) is 39.2 Å².